The van der Waals surface area contributed by atoms with E-state index in [9.17, 15) is 9.18 Å². The Kier molecular flexibility index (Phi) is 1.93. The Hall–Kier alpha value is -0.900. The number of ether oxygens (including phenoxy) is 1. The summed E-state index contributed by atoms with van der Waals surface area (Å²) in [5, 5.41) is 0. The average Bonchev–Trinajstić information content (AvgIpc) is 2.53. The van der Waals surface area contributed by atoms with Crippen LogP contribution in [-0.4, -0.2) is 29.3 Å². The number of halogens is 1. The fraction of sp³-hybridized carbons (Fsp3) is 0.700. The molecule has 0 spiro atoms. The summed E-state index contributed by atoms with van der Waals surface area (Å²) in [6, 6.07) is 0. The molecule has 0 aromatic rings. The molecule has 78 valence electrons. The largest absolute Gasteiger partial charge is 0.350 e. The molecule has 0 unspecified atom stereocenters. The number of hydrogen-bond donors (Lipinski definition) is 0. The van der Waals surface area contributed by atoms with Crippen molar-refractivity contribution in [3.05, 3.63) is 11.3 Å². The lowest BCUT2D eigenvalue weighted by Crippen LogP contribution is -2.42. The molecule has 2 aliphatic rings. The summed E-state index contributed by atoms with van der Waals surface area (Å²) < 4.78 is 19.0. The molecule has 1 saturated heterocycles. The molecule has 1 atom stereocenters. The predicted octanol–water partition coefficient (Wildman–Crippen LogP) is 1.60. The first-order valence-electron chi connectivity index (χ1n) is 4.83. The van der Waals surface area contributed by atoms with Gasteiger partial charge in [0.2, 0.25) is 6.17 Å². The van der Waals surface area contributed by atoms with Crippen molar-refractivity contribution >= 4 is 5.91 Å². The molecular weight excluding hydrogens is 185 g/mol. The minimum Gasteiger partial charge on any atom is -0.350 e. The molecular formula is C10H14FNO2. The lowest BCUT2D eigenvalue weighted by Gasteiger charge is -2.27. The number of carbonyl (C=O) groups excluding carboxylic acids is 1. The van der Waals surface area contributed by atoms with Crippen molar-refractivity contribution in [1.82, 2.24) is 4.90 Å². The standard InChI is InChI=1S/C10H14FNO2/c1-4-6-7-5-14-10(2,3)12(7)9(13)8(6)11/h8H,4-5H2,1-3H3/t8-/m1/s1. The summed E-state index contributed by atoms with van der Waals surface area (Å²) in [7, 11) is 0. The highest BCUT2D eigenvalue weighted by molar-refractivity contribution is 5.90. The fourth-order valence-electron chi connectivity index (χ4n) is 2.13. The van der Waals surface area contributed by atoms with Gasteiger partial charge in [-0.05, 0) is 25.8 Å². The van der Waals surface area contributed by atoms with Crippen LogP contribution in [0.25, 0.3) is 0 Å². The third-order valence-corrected chi connectivity index (χ3v) is 2.87. The third-order valence-electron chi connectivity index (χ3n) is 2.87. The van der Waals surface area contributed by atoms with Crippen LogP contribution < -0.4 is 0 Å². The van der Waals surface area contributed by atoms with Crippen molar-refractivity contribution in [1.29, 1.82) is 0 Å². The number of alkyl halides is 1. The molecule has 2 heterocycles. The lowest BCUT2D eigenvalue weighted by atomic mass is 10.1. The fourth-order valence-corrected chi connectivity index (χ4v) is 2.13. The van der Waals surface area contributed by atoms with Gasteiger partial charge in [0.25, 0.3) is 5.91 Å². The summed E-state index contributed by atoms with van der Waals surface area (Å²) in [5.74, 6) is -0.473. The molecule has 3 nitrogen and oxygen atoms in total. The van der Waals surface area contributed by atoms with Crippen LogP contribution in [0, 0.1) is 0 Å². The quantitative estimate of drug-likeness (QED) is 0.642. The maximum Gasteiger partial charge on any atom is 0.268 e. The van der Waals surface area contributed by atoms with Crippen molar-refractivity contribution in [2.75, 3.05) is 6.61 Å². The van der Waals surface area contributed by atoms with Crippen LogP contribution in [0.4, 0.5) is 4.39 Å². The maximum atomic E-state index is 13.5. The van der Waals surface area contributed by atoms with Crippen LogP contribution in [-0.2, 0) is 9.53 Å². The first kappa shape index (κ1) is 9.65. The summed E-state index contributed by atoms with van der Waals surface area (Å²) in [6.45, 7) is 5.77. The van der Waals surface area contributed by atoms with E-state index in [0.717, 1.165) is 5.70 Å². The van der Waals surface area contributed by atoms with Crippen molar-refractivity contribution in [2.24, 2.45) is 0 Å². The molecule has 0 bridgehead atoms. The Bertz CT molecular complexity index is 322. The second-order valence-corrected chi connectivity index (χ2v) is 4.10. The van der Waals surface area contributed by atoms with Crippen molar-refractivity contribution < 1.29 is 13.9 Å². The van der Waals surface area contributed by atoms with Gasteiger partial charge in [0.15, 0.2) is 0 Å². The number of carbonyl (C=O) groups is 1. The van der Waals surface area contributed by atoms with Crippen molar-refractivity contribution in [3.63, 3.8) is 0 Å². The second kappa shape index (κ2) is 2.79. The van der Waals surface area contributed by atoms with Crippen LogP contribution >= 0.6 is 0 Å². The second-order valence-electron chi connectivity index (χ2n) is 4.10. The van der Waals surface area contributed by atoms with E-state index in [-0.39, 0.29) is 0 Å². The van der Waals surface area contributed by atoms with E-state index >= 15 is 0 Å². The van der Waals surface area contributed by atoms with Gasteiger partial charge in [-0.25, -0.2) is 4.39 Å². The summed E-state index contributed by atoms with van der Waals surface area (Å²) in [5.41, 5.74) is 0.629. The summed E-state index contributed by atoms with van der Waals surface area (Å²) >= 11 is 0. The molecule has 0 aromatic carbocycles. The van der Waals surface area contributed by atoms with Gasteiger partial charge in [0, 0.05) is 0 Å². The SMILES string of the molecule is CCC1=C2COC(C)(C)N2C(=O)[C@@H]1F. The molecule has 0 saturated carbocycles. The van der Waals surface area contributed by atoms with Gasteiger partial charge in [-0.2, -0.15) is 0 Å². The Balaban J connectivity index is 2.45. The number of amides is 1. The molecule has 0 radical (unpaired) electrons. The number of hydrogen-bond acceptors (Lipinski definition) is 2. The topological polar surface area (TPSA) is 29.5 Å². The minimum absolute atomic E-state index is 0.350. The van der Waals surface area contributed by atoms with Gasteiger partial charge >= 0.3 is 0 Å². The number of fused-ring (bicyclic) bond motifs is 1. The summed E-state index contributed by atoms with van der Waals surface area (Å²) in [6.07, 6.45) is -0.878. The Morgan fingerprint density at radius 2 is 2.29 bits per heavy atom. The smallest absolute Gasteiger partial charge is 0.268 e. The van der Waals surface area contributed by atoms with E-state index in [4.69, 9.17) is 4.74 Å². The lowest BCUT2D eigenvalue weighted by molar-refractivity contribution is -0.144. The van der Waals surface area contributed by atoms with Gasteiger partial charge in [0.1, 0.15) is 5.72 Å². The normalized spacial score (nSPS) is 30.1. The predicted molar refractivity (Wildman–Crippen MR) is 49.1 cm³/mol. The zero-order valence-corrected chi connectivity index (χ0v) is 8.63. The molecule has 2 aliphatic heterocycles. The van der Waals surface area contributed by atoms with Gasteiger partial charge in [0.05, 0.1) is 12.3 Å². The van der Waals surface area contributed by atoms with Gasteiger partial charge in [-0.3, -0.25) is 9.69 Å². The zero-order valence-electron chi connectivity index (χ0n) is 8.63. The van der Waals surface area contributed by atoms with Crippen LogP contribution in [0.5, 0.6) is 0 Å². The number of nitrogens with zero attached hydrogens (tertiary/aromatic N) is 1. The summed E-state index contributed by atoms with van der Waals surface area (Å²) in [4.78, 5) is 13.1. The maximum absolute atomic E-state index is 13.5. The molecule has 1 fully saturated rings. The van der Waals surface area contributed by atoms with Crippen molar-refractivity contribution in [3.8, 4) is 0 Å². The first-order chi connectivity index (χ1) is 6.49. The van der Waals surface area contributed by atoms with E-state index < -0.39 is 17.8 Å². The highest BCUT2D eigenvalue weighted by Crippen LogP contribution is 2.40. The Morgan fingerprint density at radius 3 is 2.86 bits per heavy atom. The highest BCUT2D eigenvalue weighted by atomic mass is 19.1. The van der Waals surface area contributed by atoms with Gasteiger partial charge in [-0.15, -0.1) is 0 Å². The van der Waals surface area contributed by atoms with E-state index in [1.807, 2.05) is 6.92 Å². The molecule has 2 rings (SSSR count). The minimum atomic E-state index is -1.45. The van der Waals surface area contributed by atoms with Crippen LogP contribution in [0.1, 0.15) is 27.2 Å². The molecule has 1 amide bonds. The van der Waals surface area contributed by atoms with E-state index in [1.54, 1.807) is 13.8 Å². The van der Waals surface area contributed by atoms with Gasteiger partial charge in [-0.1, -0.05) is 6.92 Å². The monoisotopic (exact) mass is 199 g/mol. The molecule has 0 aliphatic carbocycles. The van der Waals surface area contributed by atoms with Crippen LogP contribution in [0.2, 0.25) is 0 Å². The van der Waals surface area contributed by atoms with E-state index in [1.165, 1.54) is 4.90 Å². The first-order valence-corrected chi connectivity index (χ1v) is 4.83. The van der Waals surface area contributed by atoms with E-state index in [2.05, 4.69) is 0 Å². The number of rotatable bonds is 1. The molecule has 0 aromatic heterocycles. The Labute approximate surface area is 82.5 Å². The van der Waals surface area contributed by atoms with Gasteiger partial charge < -0.3 is 4.74 Å². The average molecular weight is 199 g/mol. The molecule has 4 heteroatoms. The zero-order chi connectivity index (χ0) is 10.5. The Morgan fingerprint density at radius 1 is 1.64 bits per heavy atom. The van der Waals surface area contributed by atoms with E-state index in [0.29, 0.717) is 18.6 Å². The molecule has 14 heavy (non-hydrogen) atoms. The van der Waals surface area contributed by atoms with Crippen LogP contribution in [0.15, 0.2) is 11.3 Å². The van der Waals surface area contributed by atoms with Crippen LogP contribution in [0.3, 0.4) is 0 Å². The molecule has 0 N–H and O–H groups in total. The third kappa shape index (κ3) is 1.03. The highest BCUT2D eigenvalue weighted by Gasteiger charge is 2.50. The van der Waals surface area contributed by atoms with Crippen molar-refractivity contribution in [2.45, 2.75) is 39.1 Å².